The number of nitrogens with two attached hydrogens (primary N) is 1. The van der Waals surface area contributed by atoms with Gasteiger partial charge in [-0.2, -0.15) is 0 Å². The van der Waals surface area contributed by atoms with Gasteiger partial charge in [0.2, 0.25) is 0 Å². The van der Waals surface area contributed by atoms with Gasteiger partial charge in [-0.05, 0) is 13.0 Å². The predicted molar refractivity (Wildman–Crippen MR) is 89.8 cm³/mol. The molecule has 0 radical (unpaired) electrons. The number of benzene rings is 1. The Kier molecular flexibility index (Phi) is 5.22. The van der Waals surface area contributed by atoms with E-state index in [1.165, 1.54) is 13.0 Å². The first-order valence-electron chi connectivity index (χ1n) is 7.39. The van der Waals surface area contributed by atoms with E-state index >= 15 is 0 Å². The van der Waals surface area contributed by atoms with Crippen LogP contribution in [0.15, 0.2) is 30.9 Å². The fourth-order valence-corrected chi connectivity index (χ4v) is 4.74. The smallest absolute Gasteiger partial charge is 0.269 e. The molecule has 138 valence electrons. The molecule has 25 heavy (non-hydrogen) atoms. The largest absolute Gasteiger partial charge is 0.598 e. The Morgan fingerprint density at radius 1 is 1.64 bits per heavy atom. The normalized spacial score (nSPS) is 35.4. The second-order valence-electron chi connectivity index (χ2n) is 6.28. The molecule has 3 N–H and O–H groups in total. The number of rotatable bonds is 5. The fourth-order valence-electron chi connectivity index (χ4n) is 3.11. The van der Waals surface area contributed by atoms with Gasteiger partial charge in [0.05, 0.1) is 9.67 Å². The van der Waals surface area contributed by atoms with E-state index in [9.17, 15) is 29.3 Å². The summed E-state index contributed by atoms with van der Waals surface area (Å²) in [5.74, 6) is -0.774. The van der Waals surface area contributed by atoms with Crippen LogP contribution in [0.3, 0.4) is 0 Å². The molecule has 0 spiro atoms. The lowest BCUT2D eigenvalue weighted by atomic mass is 9.91. The minimum atomic E-state index is -2.03. The Morgan fingerprint density at radius 3 is 2.76 bits per heavy atom. The Balaban J connectivity index is 2.54. The number of hydrogen-bond donors (Lipinski definition) is 2. The molecule has 1 aromatic carbocycles. The molecule has 1 saturated heterocycles. The van der Waals surface area contributed by atoms with E-state index in [-0.39, 0.29) is 17.7 Å². The van der Waals surface area contributed by atoms with Gasteiger partial charge in [-0.25, -0.2) is 18.8 Å². The van der Waals surface area contributed by atoms with Gasteiger partial charge in [0, 0.05) is 24.1 Å². The molecular weight excluding hydrogens is 356 g/mol. The topological polar surface area (TPSA) is 112 Å². The number of nitrogens with zero attached hydrogens (tertiary/aromatic N) is 2. The predicted octanol–water partition coefficient (Wildman–Crippen LogP) is 2.97. The molecule has 10 heteroatoms. The third kappa shape index (κ3) is 3.15. The third-order valence-electron chi connectivity index (χ3n) is 4.59. The fraction of sp³-hybridized carbons (Fsp3) is 0.467. The summed E-state index contributed by atoms with van der Waals surface area (Å²) in [4.78, 5) is 8.24. The maximum Gasteiger partial charge on any atom is 0.269 e. The number of hydroxylamine groups is 4. The summed E-state index contributed by atoms with van der Waals surface area (Å²) in [5, 5.41) is 32.9. The summed E-state index contributed by atoms with van der Waals surface area (Å²) in [7, 11) is 0. The lowest BCUT2D eigenvalue weighted by molar-refractivity contribution is -1.10. The van der Waals surface area contributed by atoms with E-state index in [2.05, 4.69) is 6.58 Å². The summed E-state index contributed by atoms with van der Waals surface area (Å²) >= 11 is 0.902. The monoisotopic (exact) mass is 375 g/mol. The van der Waals surface area contributed by atoms with E-state index in [4.69, 9.17) is 5.73 Å². The van der Waals surface area contributed by atoms with Crippen LogP contribution in [0.25, 0.3) is 0 Å². The molecule has 0 aliphatic carbocycles. The summed E-state index contributed by atoms with van der Waals surface area (Å²) < 4.78 is 26.6. The number of thioether (sulfide) groups is 1. The minimum Gasteiger partial charge on any atom is -0.598 e. The number of alkyl halides is 1. The molecule has 4 atom stereocenters. The third-order valence-corrected chi connectivity index (χ3v) is 6.15. The molecule has 1 heterocycles. The van der Waals surface area contributed by atoms with Crippen molar-refractivity contribution in [2.75, 3.05) is 13.2 Å². The molecule has 0 amide bonds. The van der Waals surface area contributed by atoms with Crippen LogP contribution in [0.2, 0.25) is 0 Å². The van der Waals surface area contributed by atoms with Crippen LogP contribution in [0.5, 0.6) is 0 Å². The highest BCUT2D eigenvalue weighted by Crippen LogP contribution is 2.52. The number of hydrogen-bond acceptors (Lipinski definition) is 6. The zero-order valence-corrected chi connectivity index (χ0v) is 14.3. The van der Waals surface area contributed by atoms with Crippen LogP contribution in [0, 0.1) is 21.1 Å². The van der Waals surface area contributed by atoms with Crippen molar-refractivity contribution < 1.29 is 23.7 Å². The molecule has 1 fully saturated rings. The van der Waals surface area contributed by atoms with Crippen LogP contribution in [-0.2, 0) is 4.75 Å². The van der Waals surface area contributed by atoms with Gasteiger partial charge in [-0.1, -0.05) is 6.08 Å². The van der Waals surface area contributed by atoms with E-state index in [1.54, 1.807) is 0 Å². The van der Waals surface area contributed by atoms with Gasteiger partial charge in [-0.3, -0.25) is 10.1 Å². The Morgan fingerprint density at radius 2 is 2.28 bits per heavy atom. The average molecular weight is 375 g/mol. The van der Waals surface area contributed by atoms with Gasteiger partial charge < -0.3 is 10.9 Å². The molecule has 1 aliphatic rings. The summed E-state index contributed by atoms with van der Waals surface area (Å²) in [6.45, 7) is 3.08. The molecule has 1 aromatic rings. The Hall–Kier alpha value is -1.59. The van der Waals surface area contributed by atoms with Crippen molar-refractivity contribution in [1.82, 2.24) is 0 Å². The van der Waals surface area contributed by atoms with Crippen molar-refractivity contribution in [3.8, 4) is 0 Å². The maximum absolute atomic E-state index is 14.3. The second-order valence-corrected chi connectivity index (χ2v) is 7.92. The first kappa shape index (κ1) is 19.7. The van der Waals surface area contributed by atoms with Crippen molar-refractivity contribution in [2.24, 2.45) is 5.73 Å². The molecule has 0 bridgehead atoms. The van der Waals surface area contributed by atoms with Gasteiger partial charge >= 0.3 is 0 Å². The molecule has 0 saturated carbocycles. The standard InChI is InChI=1S/C15H19F2N3O4S/c1-3-6-15(8-16)13(18)25-14(2,9-20(15,23)24)11-7-10(19(21)22)4-5-12(11)17/h3-5,7,13,23H,1,6,8-9,18H2,2H3/t13?,14-,15?/m0/s1. The maximum atomic E-state index is 14.3. The zero-order chi connectivity index (χ0) is 19.0. The summed E-state index contributed by atoms with van der Waals surface area (Å²) in [5.41, 5.74) is 3.62. The average Bonchev–Trinajstić information content (AvgIpc) is 2.50. The van der Waals surface area contributed by atoms with E-state index in [1.807, 2.05) is 0 Å². The number of nitro benzene ring substituents is 1. The molecule has 3 unspecified atom stereocenters. The van der Waals surface area contributed by atoms with Crippen LogP contribution in [0.4, 0.5) is 14.5 Å². The van der Waals surface area contributed by atoms with Crippen molar-refractivity contribution >= 4 is 17.4 Å². The first-order valence-corrected chi connectivity index (χ1v) is 8.27. The second kappa shape index (κ2) is 6.61. The number of nitro groups is 1. The molecule has 0 aromatic heterocycles. The lowest BCUT2D eigenvalue weighted by Gasteiger charge is -2.58. The van der Waals surface area contributed by atoms with Crippen LogP contribution in [-0.4, -0.2) is 39.1 Å². The summed E-state index contributed by atoms with van der Waals surface area (Å²) in [6.07, 6.45) is 1.11. The Bertz CT molecular complexity index is 705. The van der Waals surface area contributed by atoms with Crippen molar-refractivity contribution in [3.63, 3.8) is 0 Å². The highest BCUT2D eigenvalue weighted by molar-refractivity contribution is 8.00. The summed E-state index contributed by atoms with van der Waals surface area (Å²) in [6, 6.07) is 2.92. The van der Waals surface area contributed by atoms with Crippen molar-refractivity contribution in [2.45, 2.75) is 29.0 Å². The minimum absolute atomic E-state index is 0.138. The molecular formula is C15H19F2N3O4S. The number of non-ortho nitro benzene ring substituents is 1. The van der Waals surface area contributed by atoms with Gasteiger partial charge in [0.1, 0.15) is 24.4 Å². The highest BCUT2D eigenvalue weighted by Gasteiger charge is 2.60. The van der Waals surface area contributed by atoms with Crippen LogP contribution < -0.4 is 5.73 Å². The lowest BCUT2D eigenvalue weighted by Crippen LogP contribution is -2.73. The quantitative estimate of drug-likeness (QED) is 0.269. The molecule has 2 rings (SSSR count). The molecule has 7 nitrogen and oxygen atoms in total. The van der Waals surface area contributed by atoms with Gasteiger partial charge in [0.25, 0.3) is 5.69 Å². The van der Waals surface area contributed by atoms with Crippen molar-refractivity contribution in [1.29, 1.82) is 0 Å². The van der Waals surface area contributed by atoms with Crippen LogP contribution >= 0.6 is 11.8 Å². The Labute approximate surface area is 147 Å². The van der Waals surface area contributed by atoms with Gasteiger partial charge in [0.15, 0.2) is 5.54 Å². The van der Waals surface area contributed by atoms with Gasteiger partial charge in [-0.15, -0.1) is 18.3 Å². The van der Waals surface area contributed by atoms with E-state index in [0.29, 0.717) is 0 Å². The molecule has 1 aliphatic heterocycles. The van der Waals surface area contributed by atoms with Crippen molar-refractivity contribution in [3.05, 3.63) is 57.6 Å². The van der Waals surface area contributed by atoms with E-state index in [0.717, 1.165) is 30.0 Å². The van der Waals surface area contributed by atoms with E-state index < -0.39 is 44.4 Å². The highest BCUT2D eigenvalue weighted by atomic mass is 32.2. The number of quaternary nitrogens is 1. The van der Waals surface area contributed by atoms with Crippen LogP contribution in [0.1, 0.15) is 18.9 Å². The number of halogens is 2. The first-order chi connectivity index (χ1) is 11.5. The zero-order valence-electron chi connectivity index (χ0n) is 13.5. The SMILES string of the molecule is C=CCC1(CF)C(N)S[C@](C)(c2cc([N+](=O)[O-])ccc2F)C[N+]1([O-])O.